The number of rotatable bonds is 7. The molecule has 0 aliphatic rings. The Kier molecular flexibility index (Phi) is 5.43. The fourth-order valence-corrected chi connectivity index (χ4v) is 2.79. The van der Waals surface area contributed by atoms with Crippen LogP contribution in [0.2, 0.25) is 0 Å². The van der Waals surface area contributed by atoms with Crippen molar-refractivity contribution in [2.24, 2.45) is 0 Å². The third-order valence-electron chi connectivity index (χ3n) is 2.59. The Balaban J connectivity index is 3.08. The summed E-state index contributed by atoms with van der Waals surface area (Å²) < 4.78 is 26.8. The minimum atomic E-state index is -3.80. The van der Waals surface area contributed by atoms with Crippen molar-refractivity contribution in [3.05, 3.63) is 28.3 Å². The molecule has 0 aliphatic carbocycles. The van der Waals surface area contributed by atoms with Crippen LogP contribution in [-0.4, -0.2) is 52.5 Å². The van der Waals surface area contributed by atoms with Crippen molar-refractivity contribution in [2.45, 2.75) is 4.90 Å². The van der Waals surface area contributed by atoms with Crippen LogP contribution in [-0.2, 0) is 10.0 Å². The van der Waals surface area contributed by atoms with Gasteiger partial charge < -0.3 is 10.2 Å². The fraction of sp³-hybridized carbons (Fsp3) is 0.455. The van der Waals surface area contributed by atoms with Crippen LogP contribution in [0, 0.1) is 10.1 Å². The predicted molar refractivity (Wildman–Crippen MR) is 76.4 cm³/mol. The summed E-state index contributed by atoms with van der Waals surface area (Å²) in [5.41, 5.74) is 0.0462. The normalized spacial score (nSPS) is 11.6. The van der Waals surface area contributed by atoms with E-state index in [0.29, 0.717) is 12.2 Å². The van der Waals surface area contributed by atoms with E-state index in [1.54, 1.807) is 7.05 Å². The van der Waals surface area contributed by atoms with E-state index in [2.05, 4.69) is 10.0 Å². The zero-order chi connectivity index (χ0) is 15.3. The summed E-state index contributed by atoms with van der Waals surface area (Å²) in [6.45, 7) is 0.754. The second-order valence-corrected chi connectivity index (χ2v) is 6.12. The van der Waals surface area contributed by atoms with E-state index in [4.69, 9.17) is 0 Å². The third-order valence-corrected chi connectivity index (χ3v) is 4.09. The van der Waals surface area contributed by atoms with Gasteiger partial charge in [-0.3, -0.25) is 10.1 Å². The average molecular weight is 302 g/mol. The van der Waals surface area contributed by atoms with E-state index in [1.807, 2.05) is 19.0 Å². The lowest BCUT2D eigenvalue weighted by Gasteiger charge is -2.13. The van der Waals surface area contributed by atoms with Gasteiger partial charge in [-0.1, -0.05) is 0 Å². The molecule has 20 heavy (non-hydrogen) atoms. The van der Waals surface area contributed by atoms with E-state index in [-0.39, 0.29) is 17.1 Å². The number of likely N-dealkylation sites (N-methyl/N-ethyl adjacent to an activating group) is 1. The van der Waals surface area contributed by atoms with Crippen molar-refractivity contribution in [1.29, 1.82) is 0 Å². The molecule has 2 N–H and O–H groups in total. The Morgan fingerprint density at radius 1 is 1.35 bits per heavy atom. The number of hydrogen-bond donors (Lipinski definition) is 2. The van der Waals surface area contributed by atoms with Gasteiger partial charge in [-0.15, -0.1) is 0 Å². The van der Waals surface area contributed by atoms with Crippen LogP contribution < -0.4 is 10.0 Å². The van der Waals surface area contributed by atoms with Crippen molar-refractivity contribution in [3.63, 3.8) is 0 Å². The van der Waals surface area contributed by atoms with E-state index in [0.717, 1.165) is 6.07 Å². The largest absolute Gasteiger partial charge is 0.387 e. The average Bonchev–Trinajstić information content (AvgIpc) is 2.37. The quantitative estimate of drug-likeness (QED) is 0.560. The lowest BCUT2D eigenvalue weighted by atomic mass is 10.3. The highest BCUT2D eigenvalue weighted by Gasteiger charge is 2.21. The maximum atomic E-state index is 12.2. The molecule has 112 valence electrons. The molecular formula is C11H18N4O4S. The van der Waals surface area contributed by atoms with Crippen LogP contribution in [0.4, 0.5) is 11.4 Å². The summed E-state index contributed by atoms with van der Waals surface area (Å²) in [4.78, 5) is 11.8. The summed E-state index contributed by atoms with van der Waals surface area (Å²) in [5.74, 6) is 0. The Labute approximate surface area is 118 Å². The number of nitro benzene ring substituents is 1. The van der Waals surface area contributed by atoms with Crippen molar-refractivity contribution in [1.82, 2.24) is 9.62 Å². The smallest absolute Gasteiger partial charge is 0.270 e. The zero-order valence-corrected chi connectivity index (χ0v) is 12.4. The number of hydrogen-bond acceptors (Lipinski definition) is 6. The molecule has 0 saturated carbocycles. The van der Waals surface area contributed by atoms with Crippen molar-refractivity contribution in [3.8, 4) is 0 Å². The maximum Gasteiger partial charge on any atom is 0.270 e. The highest BCUT2D eigenvalue weighted by molar-refractivity contribution is 7.89. The Bertz CT molecular complexity index is 586. The minimum absolute atomic E-state index is 0.132. The second-order valence-electron chi connectivity index (χ2n) is 4.39. The standard InChI is InChI=1S/C11H18N4O4S/c1-12-10-5-4-9(15(16)17)8-11(10)20(18,19)13-6-7-14(2)3/h4-5,8,12-13H,6-7H2,1-3H3. The SMILES string of the molecule is CNc1ccc([N+](=O)[O-])cc1S(=O)(=O)NCCN(C)C. The predicted octanol–water partition coefficient (Wildman–Crippen LogP) is 0.476. The lowest BCUT2D eigenvalue weighted by molar-refractivity contribution is -0.385. The molecule has 8 nitrogen and oxygen atoms in total. The van der Waals surface area contributed by atoms with E-state index in [9.17, 15) is 18.5 Å². The van der Waals surface area contributed by atoms with Crippen LogP contribution in [0.25, 0.3) is 0 Å². The molecule has 0 aliphatic heterocycles. The number of nitro groups is 1. The Morgan fingerprint density at radius 2 is 2.00 bits per heavy atom. The summed E-state index contributed by atoms with van der Waals surface area (Å²) in [5, 5.41) is 13.5. The summed E-state index contributed by atoms with van der Waals surface area (Å²) in [6.07, 6.45) is 0. The van der Waals surface area contributed by atoms with Crippen LogP contribution in [0.1, 0.15) is 0 Å². The van der Waals surface area contributed by atoms with Gasteiger partial charge in [0, 0.05) is 32.3 Å². The van der Waals surface area contributed by atoms with Crippen LogP contribution in [0.3, 0.4) is 0 Å². The molecule has 0 atom stereocenters. The zero-order valence-electron chi connectivity index (χ0n) is 11.6. The van der Waals surface area contributed by atoms with Gasteiger partial charge >= 0.3 is 0 Å². The minimum Gasteiger partial charge on any atom is -0.387 e. The molecule has 0 amide bonds. The molecule has 0 bridgehead atoms. The van der Waals surface area contributed by atoms with Gasteiger partial charge in [-0.25, -0.2) is 13.1 Å². The molecule has 1 aromatic rings. The molecule has 0 heterocycles. The summed E-state index contributed by atoms with van der Waals surface area (Å²) in [7, 11) is 1.40. The molecule has 0 aromatic heterocycles. The number of nitrogens with zero attached hydrogens (tertiary/aromatic N) is 2. The first-order chi connectivity index (χ1) is 9.27. The first-order valence-corrected chi connectivity index (χ1v) is 7.37. The van der Waals surface area contributed by atoms with Gasteiger partial charge in [0.15, 0.2) is 0 Å². The van der Waals surface area contributed by atoms with E-state index in [1.165, 1.54) is 12.1 Å². The van der Waals surface area contributed by atoms with Gasteiger partial charge in [-0.05, 0) is 20.2 Å². The van der Waals surface area contributed by atoms with Crippen molar-refractivity contribution < 1.29 is 13.3 Å². The van der Waals surface area contributed by atoms with E-state index < -0.39 is 14.9 Å². The Morgan fingerprint density at radius 3 is 2.50 bits per heavy atom. The number of anilines is 1. The second kappa shape index (κ2) is 6.64. The first-order valence-electron chi connectivity index (χ1n) is 5.88. The molecule has 1 rings (SSSR count). The number of nitrogens with one attached hydrogen (secondary N) is 2. The molecule has 0 fully saturated rings. The number of benzene rings is 1. The topological polar surface area (TPSA) is 105 Å². The Hall–Kier alpha value is -1.71. The van der Waals surface area contributed by atoms with Gasteiger partial charge in [0.2, 0.25) is 10.0 Å². The fourth-order valence-electron chi connectivity index (χ4n) is 1.53. The van der Waals surface area contributed by atoms with Gasteiger partial charge in [0.05, 0.1) is 10.6 Å². The van der Waals surface area contributed by atoms with Gasteiger partial charge in [-0.2, -0.15) is 0 Å². The highest BCUT2D eigenvalue weighted by Crippen LogP contribution is 2.25. The summed E-state index contributed by atoms with van der Waals surface area (Å²) in [6, 6.07) is 3.67. The number of non-ortho nitro benzene ring substituents is 1. The number of sulfonamides is 1. The lowest BCUT2D eigenvalue weighted by Crippen LogP contribution is -2.31. The van der Waals surface area contributed by atoms with Crippen molar-refractivity contribution >= 4 is 21.4 Å². The van der Waals surface area contributed by atoms with Gasteiger partial charge in [0.25, 0.3) is 5.69 Å². The van der Waals surface area contributed by atoms with E-state index >= 15 is 0 Å². The third kappa shape index (κ3) is 4.15. The molecule has 0 unspecified atom stereocenters. The maximum absolute atomic E-state index is 12.2. The molecule has 0 radical (unpaired) electrons. The highest BCUT2D eigenvalue weighted by atomic mass is 32.2. The summed E-state index contributed by atoms with van der Waals surface area (Å²) >= 11 is 0. The monoisotopic (exact) mass is 302 g/mol. The molecule has 1 aromatic carbocycles. The molecular weight excluding hydrogens is 284 g/mol. The molecule has 0 spiro atoms. The molecule has 9 heteroatoms. The van der Waals surface area contributed by atoms with Crippen molar-refractivity contribution in [2.75, 3.05) is 39.5 Å². The van der Waals surface area contributed by atoms with Crippen LogP contribution in [0.15, 0.2) is 23.1 Å². The van der Waals surface area contributed by atoms with Gasteiger partial charge in [0.1, 0.15) is 4.90 Å². The molecule has 0 saturated heterocycles. The van der Waals surface area contributed by atoms with Crippen LogP contribution >= 0.6 is 0 Å². The first kappa shape index (κ1) is 16.3. The van der Waals surface area contributed by atoms with Crippen LogP contribution in [0.5, 0.6) is 0 Å².